The van der Waals surface area contributed by atoms with E-state index in [2.05, 4.69) is 5.32 Å². The average Bonchev–Trinajstić information content (AvgIpc) is 3.07. The van der Waals surface area contributed by atoms with Gasteiger partial charge in [0.25, 0.3) is 0 Å². The Morgan fingerprint density at radius 1 is 1.20 bits per heavy atom. The molecule has 1 aliphatic rings. The number of nitrogens with two attached hydrogens (primary N) is 1. The van der Waals surface area contributed by atoms with Gasteiger partial charge in [-0.2, -0.15) is 4.31 Å². The molecule has 6 nitrogen and oxygen atoms in total. The minimum Gasteiger partial charge on any atom is -0.351 e. The predicted molar refractivity (Wildman–Crippen MR) is 101 cm³/mol. The van der Waals surface area contributed by atoms with Gasteiger partial charge >= 0.3 is 0 Å². The van der Waals surface area contributed by atoms with Gasteiger partial charge in [0.1, 0.15) is 0 Å². The van der Waals surface area contributed by atoms with E-state index >= 15 is 0 Å². The first-order chi connectivity index (χ1) is 11.3. The molecule has 3 N–H and O–H groups in total. The van der Waals surface area contributed by atoms with E-state index < -0.39 is 16.1 Å². The monoisotopic (exact) mass is 389 g/mol. The number of carbonyl (C=O) groups excluding carboxylic acids is 1. The molecule has 1 amide bonds. The standard InChI is InChI=1S/C17H27N3O3S.ClH/c1-13(2)11-16(18)17(21)19-12-14-5-7-15(8-6-14)24(22,23)20-9-3-4-10-20;/h5-8,13,16H,3-4,9-12,18H2,1-2H3,(H,19,21);1H/t16-;/m0./s1. The van der Waals surface area contributed by atoms with Crippen LogP contribution in [0.25, 0.3) is 0 Å². The third-order valence-electron chi connectivity index (χ3n) is 4.16. The van der Waals surface area contributed by atoms with Gasteiger partial charge in [0, 0.05) is 19.6 Å². The van der Waals surface area contributed by atoms with E-state index in [0.29, 0.717) is 36.9 Å². The Labute approximate surface area is 156 Å². The second kappa shape index (κ2) is 9.52. The van der Waals surface area contributed by atoms with Crippen LogP contribution in [0, 0.1) is 5.92 Å². The van der Waals surface area contributed by atoms with Crippen molar-refractivity contribution in [2.75, 3.05) is 13.1 Å². The van der Waals surface area contributed by atoms with Crippen molar-refractivity contribution in [2.45, 2.75) is 50.6 Å². The third-order valence-corrected chi connectivity index (χ3v) is 6.07. The number of hydrogen-bond acceptors (Lipinski definition) is 4. The highest BCUT2D eigenvalue weighted by atomic mass is 35.5. The second-order valence-electron chi connectivity index (χ2n) is 6.71. The van der Waals surface area contributed by atoms with Gasteiger partial charge in [-0.15, -0.1) is 12.4 Å². The number of carbonyl (C=O) groups is 1. The molecule has 1 aliphatic heterocycles. The molecule has 0 radical (unpaired) electrons. The molecule has 0 spiro atoms. The summed E-state index contributed by atoms with van der Waals surface area (Å²) in [5.74, 6) is 0.179. The number of hydrogen-bond donors (Lipinski definition) is 2. The van der Waals surface area contributed by atoms with Gasteiger partial charge in [-0.1, -0.05) is 26.0 Å². The Morgan fingerprint density at radius 2 is 1.76 bits per heavy atom. The fourth-order valence-electron chi connectivity index (χ4n) is 2.79. The largest absolute Gasteiger partial charge is 0.351 e. The minimum atomic E-state index is -3.39. The van der Waals surface area contributed by atoms with Crippen molar-refractivity contribution in [3.63, 3.8) is 0 Å². The first kappa shape index (κ1) is 21.9. The van der Waals surface area contributed by atoms with Gasteiger partial charge in [-0.25, -0.2) is 8.42 Å². The Morgan fingerprint density at radius 3 is 2.28 bits per heavy atom. The van der Waals surface area contributed by atoms with E-state index in [4.69, 9.17) is 5.73 Å². The summed E-state index contributed by atoms with van der Waals surface area (Å²) >= 11 is 0. The van der Waals surface area contributed by atoms with Crippen molar-refractivity contribution in [3.05, 3.63) is 29.8 Å². The SMILES string of the molecule is CC(C)C[C@H](N)C(=O)NCc1ccc(S(=O)(=O)N2CCCC2)cc1.Cl. The van der Waals surface area contributed by atoms with Gasteiger partial charge in [0.05, 0.1) is 10.9 Å². The molecule has 2 rings (SSSR count). The lowest BCUT2D eigenvalue weighted by atomic mass is 10.0. The molecule has 0 aromatic heterocycles. The molecule has 0 aliphatic carbocycles. The Bertz CT molecular complexity index is 656. The highest BCUT2D eigenvalue weighted by molar-refractivity contribution is 7.89. The zero-order chi connectivity index (χ0) is 17.7. The number of nitrogens with zero attached hydrogens (tertiary/aromatic N) is 1. The fourth-order valence-corrected chi connectivity index (χ4v) is 4.31. The molecule has 1 aromatic rings. The summed E-state index contributed by atoms with van der Waals surface area (Å²) < 4.78 is 26.4. The number of amides is 1. The first-order valence-corrected chi connectivity index (χ1v) is 9.87. The van der Waals surface area contributed by atoms with Crippen LogP contribution >= 0.6 is 12.4 Å². The summed E-state index contributed by atoms with van der Waals surface area (Å²) in [6.07, 6.45) is 2.47. The van der Waals surface area contributed by atoms with E-state index in [0.717, 1.165) is 18.4 Å². The van der Waals surface area contributed by atoms with Crippen molar-refractivity contribution in [1.29, 1.82) is 0 Å². The molecule has 1 atom stereocenters. The third kappa shape index (κ3) is 5.95. The number of benzene rings is 1. The molecular formula is C17H28ClN3O3S. The van der Waals surface area contributed by atoms with Crippen LogP contribution in [0.1, 0.15) is 38.7 Å². The van der Waals surface area contributed by atoms with Crippen LogP contribution in [0.15, 0.2) is 29.2 Å². The zero-order valence-electron chi connectivity index (χ0n) is 14.8. The number of halogens is 1. The second-order valence-corrected chi connectivity index (χ2v) is 8.65. The summed E-state index contributed by atoms with van der Waals surface area (Å²) in [7, 11) is -3.39. The first-order valence-electron chi connectivity index (χ1n) is 8.43. The average molecular weight is 390 g/mol. The molecule has 8 heteroatoms. The summed E-state index contributed by atoms with van der Waals surface area (Å²) in [6.45, 7) is 5.57. The van der Waals surface area contributed by atoms with Gasteiger partial charge in [-0.05, 0) is 42.9 Å². The Kier molecular flexibility index (Phi) is 8.34. The Hall–Kier alpha value is -1.15. The van der Waals surface area contributed by atoms with E-state index in [-0.39, 0.29) is 18.3 Å². The van der Waals surface area contributed by atoms with Crippen molar-refractivity contribution >= 4 is 28.3 Å². The van der Waals surface area contributed by atoms with Crippen LogP contribution in [0.5, 0.6) is 0 Å². The van der Waals surface area contributed by atoms with E-state index in [9.17, 15) is 13.2 Å². The van der Waals surface area contributed by atoms with Crippen LogP contribution in [-0.4, -0.2) is 37.8 Å². The maximum atomic E-state index is 12.4. The minimum absolute atomic E-state index is 0. The molecule has 0 bridgehead atoms. The quantitative estimate of drug-likeness (QED) is 0.744. The zero-order valence-corrected chi connectivity index (χ0v) is 16.4. The Balaban J connectivity index is 0.00000312. The normalized spacial score (nSPS) is 16.5. The van der Waals surface area contributed by atoms with Crippen molar-refractivity contribution in [2.24, 2.45) is 11.7 Å². The molecule has 0 saturated carbocycles. The number of nitrogens with one attached hydrogen (secondary N) is 1. The molecule has 142 valence electrons. The van der Waals surface area contributed by atoms with Gasteiger partial charge in [0.15, 0.2) is 0 Å². The van der Waals surface area contributed by atoms with E-state index in [1.807, 2.05) is 13.8 Å². The molecule has 1 aromatic carbocycles. The van der Waals surface area contributed by atoms with Crippen molar-refractivity contribution < 1.29 is 13.2 Å². The lowest BCUT2D eigenvalue weighted by Crippen LogP contribution is -2.41. The fraction of sp³-hybridized carbons (Fsp3) is 0.588. The van der Waals surface area contributed by atoms with Crippen LogP contribution in [0.3, 0.4) is 0 Å². The van der Waals surface area contributed by atoms with Crippen LogP contribution < -0.4 is 11.1 Å². The molecular weight excluding hydrogens is 362 g/mol. The van der Waals surface area contributed by atoms with Gasteiger partial charge < -0.3 is 11.1 Å². The maximum absolute atomic E-state index is 12.4. The predicted octanol–water partition coefficient (Wildman–Crippen LogP) is 1.88. The van der Waals surface area contributed by atoms with Crippen LogP contribution in [0.2, 0.25) is 0 Å². The molecule has 0 unspecified atom stereocenters. The molecule has 1 heterocycles. The maximum Gasteiger partial charge on any atom is 0.243 e. The van der Waals surface area contributed by atoms with Crippen molar-refractivity contribution in [1.82, 2.24) is 9.62 Å². The number of rotatable bonds is 7. The lowest BCUT2D eigenvalue weighted by molar-refractivity contribution is -0.122. The van der Waals surface area contributed by atoms with Gasteiger partial charge in [-0.3, -0.25) is 4.79 Å². The smallest absolute Gasteiger partial charge is 0.243 e. The summed E-state index contributed by atoms with van der Waals surface area (Å²) in [5, 5.41) is 2.79. The van der Waals surface area contributed by atoms with Gasteiger partial charge in [0.2, 0.25) is 15.9 Å². The van der Waals surface area contributed by atoms with E-state index in [1.165, 1.54) is 4.31 Å². The summed E-state index contributed by atoms with van der Waals surface area (Å²) in [6, 6.07) is 6.15. The molecule has 1 saturated heterocycles. The van der Waals surface area contributed by atoms with E-state index in [1.54, 1.807) is 24.3 Å². The lowest BCUT2D eigenvalue weighted by Gasteiger charge is -2.16. The molecule has 25 heavy (non-hydrogen) atoms. The van der Waals surface area contributed by atoms with Crippen molar-refractivity contribution in [3.8, 4) is 0 Å². The highest BCUT2D eigenvalue weighted by Gasteiger charge is 2.26. The topological polar surface area (TPSA) is 92.5 Å². The van der Waals surface area contributed by atoms with Crippen LogP contribution in [0.4, 0.5) is 0 Å². The molecule has 1 fully saturated rings. The summed E-state index contributed by atoms with van der Waals surface area (Å²) in [4.78, 5) is 12.2. The highest BCUT2D eigenvalue weighted by Crippen LogP contribution is 2.21. The summed E-state index contributed by atoms with van der Waals surface area (Å²) in [5.41, 5.74) is 6.68. The van der Waals surface area contributed by atoms with Crippen LogP contribution in [-0.2, 0) is 21.4 Å². The number of sulfonamides is 1.